The number of carbonyl (C=O) groups is 1. The Labute approximate surface area is 410 Å². The molecule has 0 fully saturated rings. The second kappa shape index (κ2) is 35.5. The molecule has 0 amide bonds. The maximum absolute atomic E-state index is 11.9. The number of hydrogen-bond acceptors (Lipinski definition) is 14. The van der Waals surface area contributed by atoms with Crippen molar-refractivity contribution in [3.05, 3.63) is 181 Å². The van der Waals surface area contributed by atoms with Crippen LogP contribution in [0.4, 0.5) is 0 Å². The number of aromatic nitrogens is 6. The molecule has 6 heterocycles. The van der Waals surface area contributed by atoms with Crippen molar-refractivity contribution >= 4 is 23.3 Å². The van der Waals surface area contributed by atoms with Gasteiger partial charge in [0.15, 0.2) is 17.4 Å². The average molecular weight is 895 g/mol. The maximum Gasteiger partial charge on any atom is 1.00 e. The molecule has 0 saturated carbocycles. The van der Waals surface area contributed by atoms with Crippen molar-refractivity contribution in [2.24, 2.45) is 0 Å². The summed E-state index contributed by atoms with van der Waals surface area (Å²) in [6, 6.07) is 35.6. The number of hydrogen-bond donors (Lipinski definition) is 1. The second-order valence-electron chi connectivity index (χ2n) is 14.4. The van der Waals surface area contributed by atoms with Crippen molar-refractivity contribution in [2.75, 3.05) is 66.2 Å². The fraction of sp³-hybridized carbons (Fsp3) is 0.367. The predicted octanol–water partition coefficient (Wildman–Crippen LogP) is 1.89. The Balaban J connectivity index is 0.000000575. The Morgan fingerprint density at radius 1 is 0.477 bits per heavy atom. The van der Waals surface area contributed by atoms with Crippen LogP contribution in [0, 0.1) is 0 Å². The van der Waals surface area contributed by atoms with Crippen LogP contribution in [0.5, 0.6) is 0 Å². The Bertz CT molecular complexity index is 1950. The molecule has 0 unspecified atom stereocenters. The first kappa shape index (κ1) is 56.4. The molecule has 6 aromatic rings. The van der Waals surface area contributed by atoms with E-state index in [2.05, 4.69) is 49.5 Å². The average Bonchev–Trinajstić information content (AvgIpc) is 3.32. The third kappa shape index (κ3) is 24.9. The normalized spacial score (nSPS) is 10.6. The predicted molar refractivity (Wildman–Crippen MR) is 257 cm³/mol. The summed E-state index contributed by atoms with van der Waals surface area (Å²) in [5, 5.41) is 9.45. The summed E-state index contributed by atoms with van der Waals surface area (Å²) < 4.78 is 9.72. The van der Waals surface area contributed by atoms with Crippen LogP contribution in [0.2, 0.25) is 0 Å². The molecule has 0 aliphatic heterocycles. The van der Waals surface area contributed by atoms with Gasteiger partial charge in [0.05, 0.1) is 54.4 Å². The van der Waals surface area contributed by atoms with Crippen molar-refractivity contribution in [1.29, 1.82) is 0 Å². The van der Waals surface area contributed by atoms with Gasteiger partial charge in [-0.2, -0.15) is 0 Å². The van der Waals surface area contributed by atoms with E-state index in [1.807, 2.05) is 135 Å². The minimum Gasteiger partial charge on any atom is -1.00 e. The minimum absolute atomic E-state index is 0. The summed E-state index contributed by atoms with van der Waals surface area (Å²) in [4.78, 5) is 47.5. The number of rotatable bonds is 24. The topological polar surface area (TPSA) is 146 Å². The van der Waals surface area contributed by atoms with Gasteiger partial charge in [-0.05, 0) is 86.6 Å². The van der Waals surface area contributed by atoms with Crippen LogP contribution in [-0.2, 0) is 53.5 Å². The maximum atomic E-state index is 11.9. The summed E-state index contributed by atoms with van der Waals surface area (Å²) in [5.41, 5.74) is 6.00. The van der Waals surface area contributed by atoms with Crippen molar-refractivity contribution in [1.82, 2.24) is 49.5 Å². The molecule has 0 aliphatic rings. The van der Waals surface area contributed by atoms with Crippen LogP contribution in [0.3, 0.4) is 0 Å². The van der Waals surface area contributed by atoms with E-state index >= 15 is 0 Å². The SMILES string of the molecule is CCOCC.COC(=O)CN(CCN(Cc1ccccn1)Cc1ccccn1)Cc1ccccn1.OCCN(CCN(Cc1ccccn1)Cc1ccccn1)Cc1ccccn1.[AlH3].[H-].[Li+]. The zero-order chi connectivity index (χ0) is 44.6. The van der Waals surface area contributed by atoms with Crippen LogP contribution < -0.4 is 18.9 Å². The molecular weight excluding hydrogens is 827 g/mol. The fourth-order valence-corrected chi connectivity index (χ4v) is 6.39. The van der Waals surface area contributed by atoms with E-state index in [9.17, 15) is 9.90 Å². The number of nitrogens with zero attached hydrogens (tertiary/aromatic N) is 10. The molecule has 0 aromatic carbocycles. The van der Waals surface area contributed by atoms with Crippen molar-refractivity contribution in [3.63, 3.8) is 0 Å². The third-order valence-corrected chi connectivity index (χ3v) is 9.54. The van der Waals surface area contributed by atoms with E-state index < -0.39 is 0 Å². The molecule has 6 rings (SSSR count). The van der Waals surface area contributed by atoms with Crippen molar-refractivity contribution < 1.29 is 39.7 Å². The molecule has 6 aromatic heterocycles. The van der Waals surface area contributed by atoms with Gasteiger partial charge >= 0.3 is 24.8 Å². The third-order valence-electron chi connectivity index (χ3n) is 9.54. The summed E-state index contributed by atoms with van der Waals surface area (Å²) >= 11 is 0. The molecular formula is C49H68AlLiN10O4. The van der Waals surface area contributed by atoms with Crippen LogP contribution in [0.25, 0.3) is 0 Å². The van der Waals surface area contributed by atoms with E-state index in [0.717, 1.165) is 86.6 Å². The molecule has 0 spiro atoms. The number of aliphatic hydroxyl groups is 1. The summed E-state index contributed by atoms with van der Waals surface area (Å²) in [7, 11) is 1.41. The molecule has 14 nitrogen and oxygen atoms in total. The molecule has 0 aliphatic carbocycles. The largest absolute Gasteiger partial charge is 1.00 e. The summed E-state index contributed by atoms with van der Waals surface area (Å²) in [6.07, 6.45) is 10.8. The standard InChI is InChI=1S/C23H27N5O2.C22H27N5O.C4H10O.Al.Li.4H/c1-30-23(29)19-28(18-22-10-4-7-13-26-22)15-14-27(16-20-8-2-5-11-24-20)17-21-9-3-6-12-25-21;28-16-15-26(17-20-7-1-4-10-23-20)13-14-27(18-21-8-2-5-11-24-21)19-22-9-3-6-12-25-22;1-3-5-4-2;;;;;;/h2-13H,14-19H2,1H3;1-12,28H,13-19H2;3-4H2,1-2H3;;;;;;/q;;;;+1;;;;-1. The quantitative estimate of drug-likeness (QED) is 0.0698. The van der Waals surface area contributed by atoms with Gasteiger partial charge in [0, 0.05) is 122 Å². The Kier molecular flexibility index (Phi) is 30.8. The molecule has 0 bridgehead atoms. The van der Waals surface area contributed by atoms with E-state index in [4.69, 9.17) is 9.47 Å². The molecule has 342 valence electrons. The number of ether oxygens (including phenoxy) is 2. The van der Waals surface area contributed by atoms with Gasteiger partial charge in [0.2, 0.25) is 0 Å². The first-order valence-electron chi connectivity index (χ1n) is 21.5. The van der Waals surface area contributed by atoms with Crippen LogP contribution in [0.15, 0.2) is 146 Å². The van der Waals surface area contributed by atoms with Crippen molar-refractivity contribution in [2.45, 2.75) is 53.1 Å². The van der Waals surface area contributed by atoms with Crippen LogP contribution in [-0.4, -0.2) is 144 Å². The van der Waals surface area contributed by atoms with Crippen LogP contribution in [0.1, 0.15) is 49.4 Å². The Morgan fingerprint density at radius 2 is 0.754 bits per heavy atom. The van der Waals surface area contributed by atoms with Gasteiger partial charge in [0.25, 0.3) is 0 Å². The van der Waals surface area contributed by atoms with Gasteiger partial charge in [-0.15, -0.1) is 0 Å². The zero-order valence-corrected chi connectivity index (χ0v) is 38.1. The zero-order valence-electron chi connectivity index (χ0n) is 39.1. The fourth-order valence-electron chi connectivity index (χ4n) is 6.39. The monoisotopic (exact) mass is 895 g/mol. The van der Waals surface area contributed by atoms with Gasteiger partial charge in [-0.1, -0.05) is 36.4 Å². The minimum atomic E-state index is -0.257. The van der Waals surface area contributed by atoms with E-state index in [-0.39, 0.29) is 56.8 Å². The van der Waals surface area contributed by atoms with Gasteiger partial charge in [0.1, 0.15) is 0 Å². The smallest absolute Gasteiger partial charge is 1.00 e. The number of aliphatic hydroxyl groups excluding tert-OH is 1. The molecule has 16 heteroatoms. The van der Waals surface area contributed by atoms with E-state index in [1.54, 1.807) is 24.8 Å². The van der Waals surface area contributed by atoms with Crippen molar-refractivity contribution in [3.8, 4) is 0 Å². The molecule has 0 atom stereocenters. The molecule has 0 radical (unpaired) electrons. The Hall–Kier alpha value is -4.74. The number of methoxy groups -OCH3 is 1. The first-order valence-corrected chi connectivity index (χ1v) is 21.5. The number of carbonyl (C=O) groups excluding carboxylic acids is 1. The van der Waals surface area contributed by atoms with E-state index in [1.165, 1.54) is 7.11 Å². The number of esters is 1. The van der Waals surface area contributed by atoms with Gasteiger partial charge < -0.3 is 16.0 Å². The summed E-state index contributed by atoms with van der Waals surface area (Å²) in [6.45, 7) is 14.0. The molecule has 0 saturated heterocycles. The van der Waals surface area contributed by atoms with Gasteiger partial charge in [-0.3, -0.25) is 54.3 Å². The number of pyridine rings is 6. The van der Waals surface area contributed by atoms with E-state index in [0.29, 0.717) is 32.7 Å². The molecule has 1 N–H and O–H groups in total. The Morgan fingerprint density at radius 3 is 1.00 bits per heavy atom. The first-order chi connectivity index (χ1) is 31.0. The van der Waals surface area contributed by atoms with Crippen LogP contribution >= 0.6 is 0 Å². The summed E-state index contributed by atoms with van der Waals surface area (Å²) in [5.74, 6) is -0.257. The molecule has 65 heavy (non-hydrogen) atoms. The van der Waals surface area contributed by atoms with Gasteiger partial charge in [-0.25, -0.2) is 0 Å². The second-order valence-corrected chi connectivity index (χ2v) is 14.4.